The zero-order valence-corrected chi connectivity index (χ0v) is 14.4. The molecule has 0 spiro atoms. The van der Waals surface area contributed by atoms with Crippen LogP contribution in [0.3, 0.4) is 0 Å². The van der Waals surface area contributed by atoms with Gasteiger partial charge in [0.2, 0.25) is 0 Å². The van der Waals surface area contributed by atoms with Crippen LogP contribution in [-0.2, 0) is 4.79 Å². The number of carbonyl (C=O) groups excluding carboxylic acids is 2. The summed E-state index contributed by atoms with van der Waals surface area (Å²) >= 11 is 0. The van der Waals surface area contributed by atoms with E-state index in [0.29, 0.717) is 11.3 Å². The molecule has 1 aliphatic rings. The lowest BCUT2D eigenvalue weighted by atomic mass is 10.1. The van der Waals surface area contributed by atoms with Gasteiger partial charge in [-0.25, -0.2) is 0 Å². The highest BCUT2D eigenvalue weighted by Crippen LogP contribution is 2.16. The van der Waals surface area contributed by atoms with Crippen molar-refractivity contribution in [3.8, 4) is 11.5 Å². The van der Waals surface area contributed by atoms with Crippen LogP contribution in [0, 0.1) is 0 Å². The zero-order valence-electron chi connectivity index (χ0n) is 14.4. The quantitative estimate of drug-likeness (QED) is 0.641. The van der Waals surface area contributed by atoms with E-state index in [2.05, 4.69) is 0 Å². The predicted octanol–water partition coefficient (Wildman–Crippen LogP) is 3.29. The standard InChI is InChI=1S/C21H21NO4/c23-18-5-3-4-16(14-18)6-11-20(24)17-7-9-19(10-8-17)26-15-21(25)22-12-1-2-13-22/h3-11,14,23H,1-2,12-13,15H2/b11-6+. The van der Waals surface area contributed by atoms with Crippen LogP contribution in [0.5, 0.6) is 11.5 Å². The Morgan fingerprint density at radius 2 is 1.81 bits per heavy atom. The molecule has 1 N–H and O–H groups in total. The fraction of sp³-hybridized carbons (Fsp3) is 0.238. The normalized spacial score (nSPS) is 13.9. The third kappa shape index (κ3) is 4.72. The topological polar surface area (TPSA) is 66.8 Å². The molecule has 1 saturated heterocycles. The van der Waals surface area contributed by atoms with Crippen LogP contribution in [0.25, 0.3) is 6.08 Å². The number of phenolic OH excluding ortho intramolecular Hbond substituents is 1. The first kappa shape index (κ1) is 17.7. The molecule has 5 heteroatoms. The van der Waals surface area contributed by atoms with E-state index in [0.717, 1.165) is 31.5 Å². The smallest absolute Gasteiger partial charge is 0.260 e. The van der Waals surface area contributed by atoms with Crippen LogP contribution >= 0.6 is 0 Å². The monoisotopic (exact) mass is 351 g/mol. The molecule has 26 heavy (non-hydrogen) atoms. The molecule has 0 bridgehead atoms. The number of rotatable bonds is 6. The number of aromatic hydroxyl groups is 1. The van der Waals surface area contributed by atoms with E-state index in [1.807, 2.05) is 4.90 Å². The number of ketones is 1. The number of likely N-dealkylation sites (tertiary alicyclic amines) is 1. The van der Waals surface area contributed by atoms with E-state index in [4.69, 9.17) is 4.74 Å². The van der Waals surface area contributed by atoms with E-state index in [1.54, 1.807) is 54.6 Å². The molecule has 0 radical (unpaired) electrons. The third-order valence-electron chi connectivity index (χ3n) is 4.26. The maximum absolute atomic E-state index is 12.2. The number of benzene rings is 2. The Labute approximate surface area is 152 Å². The highest BCUT2D eigenvalue weighted by atomic mass is 16.5. The Morgan fingerprint density at radius 1 is 1.08 bits per heavy atom. The first-order chi connectivity index (χ1) is 12.6. The highest BCUT2D eigenvalue weighted by Gasteiger charge is 2.18. The first-order valence-corrected chi connectivity index (χ1v) is 8.64. The van der Waals surface area contributed by atoms with E-state index < -0.39 is 0 Å². The second kappa shape index (κ2) is 8.34. The largest absolute Gasteiger partial charge is 0.508 e. The molecule has 1 heterocycles. The molecule has 2 aromatic rings. The van der Waals surface area contributed by atoms with Crippen LogP contribution in [0.15, 0.2) is 54.6 Å². The van der Waals surface area contributed by atoms with Gasteiger partial charge in [0, 0.05) is 18.7 Å². The number of phenols is 1. The Bertz CT molecular complexity index is 805. The van der Waals surface area contributed by atoms with Gasteiger partial charge in [-0.1, -0.05) is 18.2 Å². The van der Waals surface area contributed by atoms with Gasteiger partial charge in [-0.15, -0.1) is 0 Å². The van der Waals surface area contributed by atoms with Crippen molar-refractivity contribution in [2.75, 3.05) is 19.7 Å². The fourth-order valence-electron chi connectivity index (χ4n) is 2.81. The van der Waals surface area contributed by atoms with Crippen molar-refractivity contribution >= 4 is 17.8 Å². The molecule has 2 aromatic carbocycles. The summed E-state index contributed by atoms with van der Waals surface area (Å²) in [6.07, 6.45) is 5.22. The van der Waals surface area contributed by atoms with Gasteiger partial charge >= 0.3 is 0 Å². The van der Waals surface area contributed by atoms with Gasteiger partial charge in [0.25, 0.3) is 5.91 Å². The van der Waals surface area contributed by atoms with Crippen LogP contribution in [-0.4, -0.2) is 41.4 Å². The Hall–Kier alpha value is -3.08. The lowest BCUT2D eigenvalue weighted by Gasteiger charge is -2.15. The number of amides is 1. The van der Waals surface area contributed by atoms with Crippen molar-refractivity contribution in [3.63, 3.8) is 0 Å². The van der Waals surface area contributed by atoms with Gasteiger partial charge in [-0.2, -0.15) is 0 Å². The van der Waals surface area contributed by atoms with Crippen molar-refractivity contribution in [1.82, 2.24) is 4.90 Å². The van der Waals surface area contributed by atoms with Gasteiger partial charge in [0.05, 0.1) is 0 Å². The van der Waals surface area contributed by atoms with Crippen LogP contribution < -0.4 is 4.74 Å². The predicted molar refractivity (Wildman–Crippen MR) is 99.2 cm³/mol. The average molecular weight is 351 g/mol. The summed E-state index contributed by atoms with van der Waals surface area (Å²) in [5, 5.41) is 9.42. The number of carbonyl (C=O) groups is 2. The van der Waals surface area contributed by atoms with Crippen LogP contribution in [0.4, 0.5) is 0 Å². The molecule has 0 aliphatic carbocycles. The summed E-state index contributed by atoms with van der Waals surface area (Å²) in [6, 6.07) is 13.4. The van der Waals surface area contributed by atoms with E-state index in [-0.39, 0.29) is 24.0 Å². The van der Waals surface area contributed by atoms with Gasteiger partial charge in [-0.3, -0.25) is 9.59 Å². The van der Waals surface area contributed by atoms with Crippen molar-refractivity contribution in [2.24, 2.45) is 0 Å². The number of hydrogen-bond acceptors (Lipinski definition) is 4. The highest BCUT2D eigenvalue weighted by molar-refractivity contribution is 6.06. The lowest BCUT2D eigenvalue weighted by molar-refractivity contribution is -0.132. The molecule has 134 valence electrons. The second-order valence-corrected chi connectivity index (χ2v) is 6.19. The lowest BCUT2D eigenvalue weighted by Crippen LogP contribution is -2.32. The number of ether oxygens (including phenoxy) is 1. The summed E-state index contributed by atoms with van der Waals surface area (Å²) < 4.78 is 5.51. The van der Waals surface area contributed by atoms with Crippen molar-refractivity contribution < 1.29 is 19.4 Å². The fourth-order valence-corrected chi connectivity index (χ4v) is 2.81. The first-order valence-electron chi connectivity index (χ1n) is 8.64. The van der Waals surface area contributed by atoms with E-state index >= 15 is 0 Å². The van der Waals surface area contributed by atoms with Gasteiger partial charge < -0.3 is 14.7 Å². The molecule has 1 fully saturated rings. The van der Waals surface area contributed by atoms with Crippen molar-refractivity contribution in [1.29, 1.82) is 0 Å². The van der Waals surface area contributed by atoms with Crippen molar-refractivity contribution in [3.05, 3.63) is 65.7 Å². The Kier molecular flexibility index (Phi) is 5.69. The molecule has 0 aromatic heterocycles. The summed E-state index contributed by atoms with van der Waals surface area (Å²) in [5.74, 6) is 0.570. The van der Waals surface area contributed by atoms with E-state index in [1.165, 1.54) is 6.08 Å². The molecular formula is C21H21NO4. The van der Waals surface area contributed by atoms with Gasteiger partial charge in [-0.05, 0) is 60.9 Å². The minimum absolute atomic E-state index is 0.00306. The summed E-state index contributed by atoms with van der Waals surface area (Å²) in [4.78, 5) is 26.0. The molecule has 1 aliphatic heterocycles. The van der Waals surface area contributed by atoms with Gasteiger partial charge in [0.1, 0.15) is 11.5 Å². The second-order valence-electron chi connectivity index (χ2n) is 6.19. The maximum Gasteiger partial charge on any atom is 0.260 e. The number of hydrogen-bond donors (Lipinski definition) is 1. The Balaban J connectivity index is 1.54. The van der Waals surface area contributed by atoms with Crippen LogP contribution in [0.2, 0.25) is 0 Å². The minimum Gasteiger partial charge on any atom is -0.508 e. The molecule has 5 nitrogen and oxygen atoms in total. The molecule has 0 unspecified atom stereocenters. The van der Waals surface area contributed by atoms with Gasteiger partial charge in [0.15, 0.2) is 12.4 Å². The maximum atomic E-state index is 12.2. The number of allylic oxidation sites excluding steroid dienone is 1. The third-order valence-corrected chi connectivity index (χ3v) is 4.26. The average Bonchev–Trinajstić information content (AvgIpc) is 3.19. The SMILES string of the molecule is O=C(/C=C/c1cccc(O)c1)c1ccc(OCC(=O)N2CCCC2)cc1. The molecular weight excluding hydrogens is 330 g/mol. The van der Waals surface area contributed by atoms with Crippen LogP contribution in [0.1, 0.15) is 28.8 Å². The van der Waals surface area contributed by atoms with Crippen molar-refractivity contribution in [2.45, 2.75) is 12.8 Å². The summed E-state index contributed by atoms with van der Waals surface area (Å²) in [7, 11) is 0. The van der Waals surface area contributed by atoms with E-state index in [9.17, 15) is 14.7 Å². The minimum atomic E-state index is -0.145. The zero-order chi connectivity index (χ0) is 18.4. The molecule has 0 atom stereocenters. The summed E-state index contributed by atoms with van der Waals surface area (Å²) in [6.45, 7) is 1.63. The number of nitrogens with zero attached hydrogens (tertiary/aromatic N) is 1. The Morgan fingerprint density at radius 3 is 2.50 bits per heavy atom. The molecule has 3 rings (SSSR count). The molecule has 0 saturated carbocycles. The summed E-state index contributed by atoms with van der Waals surface area (Å²) in [5.41, 5.74) is 1.28. The molecule has 1 amide bonds.